The molecule has 2 heteroatoms. The van der Waals surface area contributed by atoms with Gasteiger partial charge in [-0.05, 0) is 38.3 Å². The molecule has 2 nitrogen and oxygen atoms in total. The monoisotopic (exact) mass is 260 g/mol. The van der Waals surface area contributed by atoms with E-state index in [0.29, 0.717) is 24.0 Å². The highest BCUT2D eigenvalue weighted by Crippen LogP contribution is 2.31. The second-order valence-electron chi connectivity index (χ2n) is 5.88. The third kappa shape index (κ3) is 3.18. The minimum atomic E-state index is 0.515. The van der Waals surface area contributed by atoms with Gasteiger partial charge >= 0.3 is 0 Å². The molecule has 1 heterocycles. The summed E-state index contributed by atoms with van der Waals surface area (Å²) in [6.45, 7) is 11.6. The average Bonchev–Trinajstić information content (AvgIpc) is 2.45. The molecule has 1 aromatic carbocycles. The Labute approximate surface area is 118 Å². The van der Waals surface area contributed by atoms with E-state index in [4.69, 9.17) is 0 Å². The Morgan fingerprint density at radius 3 is 2.58 bits per heavy atom. The number of hydrogen-bond donors (Lipinski definition) is 1. The zero-order chi connectivity index (χ0) is 13.8. The molecule has 19 heavy (non-hydrogen) atoms. The number of hydrogen-bond acceptors (Lipinski definition) is 2. The Morgan fingerprint density at radius 2 is 1.95 bits per heavy atom. The number of rotatable bonds is 4. The van der Waals surface area contributed by atoms with Crippen molar-refractivity contribution in [1.29, 1.82) is 0 Å². The number of likely N-dealkylation sites (tertiary alicyclic amines) is 1. The summed E-state index contributed by atoms with van der Waals surface area (Å²) in [6, 6.07) is 12.7. The van der Waals surface area contributed by atoms with Crippen molar-refractivity contribution in [3.05, 3.63) is 35.9 Å². The van der Waals surface area contributed by atoms with Gasteiger partial charge in [0, 0.05) is 24.7 Å². The zero-order valence-electron chi connectivity index (χ0n) is 12.8. The molecular formula is C17H28N2. The van der Waals surface area contributed by atoms with Crippen molar-refractivity contribution in [3.63, 3.8) is 0 Å². The molecule has 2 rings (SSSR count). The predicted octanol–water partition coefficient (Wildman–Crippen LogP) is 3.46. The van der Waals surface area contributed by atoms with Crippen molar-refractivity contribution in [2.24, 2.45) is 5.92 Å². The highest BCUT2D eigenvalue weighted by atomic mass is 15.2. The lowest BCUT2D eigenvalue weighted by atomic mass is 9.85. The molecule has 0 radical (unpaired) electrons. The molecule has 1 aliphatic rings. The van der Waals surface area contributed by atoms with Crippen LogP contribution in [0.2, 0.25) is 0 Å². The van der Waals surface area contributed by atoms with Crippen molar-refractivity contribution >= 4 is 0 Å². The largest absolute Gasteiger partial charge is 0.314 e. The van der Waals surface area contributed by atoms with Crippen LogP contribution < -0.4 is 5.32 Å². The molecule has 1 fully saturated rings. The molecule has 1 aromatic rings. The first kappa shape index (κ1) is 14.5. The first-order chi connectivity index (χ1) is 9.15. The first-order valence-electron chi connectivity index (χ1n) is 7.69. The van der Waals surface area contributed by atoms with Crippen molar-refractivity contribution in [3.8, 4) is 0 Å². The van der Waals surface area contributed by atoms with Crippen LogP contribution in [0.3, 0.4) is 0 Å². The van der Waals surface area contributed by atoms with Gasteiger partial charge in [-0.2, -0.15) is 0 Å². The lowest BCUT2D eigenvalue weighted by Gasteiger charge is -2.46. The standard InChI is InChI=1S/C17H28N2/c1-5-18-17-11-12-19(14(3)13(17)2)15(4)16-9-7-6-8-10-16/h6-10,13-15,17-18H,5,11-12H2,1-4H3. The van der Waals surface area contributed by atoms with Crippen LogP contribution in [0.25, 0.3) is 0 Å². The SMILES string of the molecule is CCNC1CCN(C(C)c2ccccc2)C(C)C1C. The van der Waals surface area contributed by atoms with Crippen LogP contribution in [-0.2, 0) is 0 Å². The van der Waals surface area contributed by atoms with Crippen LogP contribution >= 0.6 is 0 Å². The van der Waals surface area contributed by atoms with Gasteiger partial charge in [0.05, 0.1) is 0 Å². The Hall–Kier alpha value is -0.860. The van der Waals surface area contributed by atoms with Gasteiger partial charge in [0.1, 0.15) is 0 Å². The molecule has 1 saturated heterocycles. The molecule has 0 bridgehead atoms. The smallest absolute Gasteiger partial charge is 0.0322 e. The summed E-state index contributed by atoms with van der Waals surface area (Å²) < 4.78 is 0. The molecule has 0 spiro atoms. The summed E-state index contributed by atoms with van der Waals surface area (Å²) in [4.78, 5) is 2.66. The zero-order valence-corrected chi connectivity index (χ0v) is 12.8. The Morgan fingerprint density at radius 1 is 1.26 bits per heavy atom. The second-order valence-corrected chi connectivity index (χ2v) is 5.88. The van der Waals surface area contributed by atoms with E-state index in [1.807, 2.05) is 0 Å². The van der Waals surface area contributed by atoms with E-state index in [9.17, 15) is 0 Å². The average molecular weight is 260 g/mol. The van der Waals surface area contributed by atoms with Gasteiger partial charge in [-0.3, -0.25) is 4.90 Å². The molecule has 0 aliphatic carbocycles. The summed E-state index contributed by atoms with van der Waals surface area (Å²) in [6.07, 6.45) is 1.26. The third-order valence-electron chi connectivity index (χ3n) is 4.86. The fraction of sp³-hybridized carbons (Fsp3) is 0.647. The predicted molar refractivity (Wildman–Crippen MR) is 82.3 cm³/mol. The molecule has 0 saturated carbocycles. The van der Waals surface area contributed by atoms with Crippen molar-refractivity contribution in [2.75, 3.05) is 13.1 Å². The van der Waals surface area contributed by atoms with E-state index in [0.717, 1.165) is 6.54 Å². The van der Waals surface area contributed by atoms with Crippen LogP contribution in [0, 0.1) is 5.92 Å². The van der Waals surface area contributed by atoms with Gasteiger partial charge in [0.15, 0.2) is 0 Å². The van der Waals surface area contributed by atoms with Gasteiger partial charge in [0.2, 0.25) is 0 Å². The fourth-order valence-electron chi connectivity index (χ4n) is 3.41. The molecule has 0 amide bonds. The highest BCUT2D eigenvalue weighted by molar-refractivity contribution is 5.18. The minimum absolute atomic E-state index is 0.515. The van der Waals surface area contributed by atoms with Crippen LogP contribution in [0.1, 0.15) is 45.7 Å². The molecule has 4 atom stereocenters. The maximum atomic E-state index is 3.64. The minimum Gasteiger partial charge on any atom is -0.314 e. The van der Waals surface area contributed by atoms with Gasteiger partial charge in [-0.15, -0.1) is 0 Å². The molecule has 4 unspecified atom stereocenters. The molecular weight excluding hydrogens is 232 g/mol. The van der Waals surface area contributed by atoms with Crippen LogP contribution in [0.15, 0.2) is 30.3 Å². The van der Waals surface area contributed by atoms with E-state index >= 15 is 0 Å². The van der Waals surface area contributed by atoms with Gasteiger partial charge in [-0.25, -0.2) is 0 Å². The Balaban J connectivity index is 2.06. The molecule has 1 N–H and O–H groups in total. The summed E-state index contributed by atoms with van der Waals surface area (Å²) in [5.74, 6) is 0.708. The van der Waals surface area contributed by atoms with Crippen LogP contribution in [-0.4, -0.2) is 30.1 Å². The summed E-state index contributed by atoms with van der Waals surface area (Å²) in [5.41, 5.74) is 1.43. The summed E-state index contributed by atoms with van der Waals surface area (Å²) >= 11 is 0. The lowest BCUT2D eigenvalue weighted by molar-refractivity contribution is 0.0529. The van der Waals surface area contributed by atoms with Gasteiger partial charge in [-0.1, -0.05) is 44.2 Å². The Bertz CT molecular complexity index is 376. The van der Waals surface area contributed by atoms with E-state index in [1.165, 1.54) is 18.5 Å². The Kier molecular flexibility index (Phi) is 5.00. The maximum absolute atomic E-state index is 3.64. The molecule has 106 valence electrons. The normalized spacial score (nSPS) is 30.2. The third-order valence-corrected chi connectivity index (χ3v) is 4.86. The second kappa shape index (κ2) is 6.53. The van der Waals surface area contributed by atoms with Crippen LogP contribution in [0.5, 0.6) is 0 Å². The topological polar surface area (TPSA) is 15.3 Å². The number of nitrogens with zero attached hydrogens (tertiary/aromatic N) is 1. The summed E-state index contributed by atoms with van der Waals surface area (Å²) in [5, 5.41) is 3.64. The van der Waals surface area contributed by atoms with Crippen molar-refractivity contribution in [2.45, 2.75) is 52.2 Å². The van der Waals surface area contributed by atoms with Crippen molar-refractivity contribution < 1.29 is 0 Å². The molecule has 1 aliphatic heterocycles. The maximum Gasteiger partial charge on any atom is 0.0322 e. The lowest BCUT2D eigenvalue weighted by Crippen LogP contribution is -2.53. The van der Waals surface area contributed by atoms with Gasteiger partial charge in [0.25, 0.3) is 0 Å². The number of benzene rings is 1. The van der Waals surface area contributed by atoms with E-state index in [2.05, 4.69) is 68.2 Å². The van der Waals surface area contributed by atoms with E-state index in [-0.39, 0.29) is 0 Å². The van der Waals surface area contributed by atoms with E-state index < -0.39 is 0 Å². The first-order valence-corrected chi connectivity index (χ1v) is 7.69. The van der Waals surface area contributed by atoms with Crippen LogP contribution in [0.4, 0.5) is 0 Å². The number of nitrogens with one attached hydrogen (secondary N) is 1. The van der Waals surface area contributed by atoms with E-state index in [1.54, 1.807) is 0 Å². The highest BCUT2D eigenvalue weighted by Gasteiger charge is 2.34. The fourth-order valence-corrected chi connectivity index (χ4v) is 3.41. The summed E-state index contributed by atoms with van der Waals surface area (Å²) in [7, 11) is 0. The quantitative estimate of drug-likeness (QED) is 0.892. The number of piperidine rings is 1. The van der Waals surface area contributed by atoms with Gasteiger partial charge < -0.3 is 5.32 Å². The molecule has 0 aromatic heterocycles. The van der Waals surface area contributed by atoms with Crippen molar-refractivity contribution in [1.82, 2.24) is 10.2 Å².